The number of hydrogen-bond donors (Lipinski definition) is 0. The summed E-state index contributed by atoms with van der Waals surface area (Å²) in [5.41, 5.74) is 0.756. The summed E-state index contributed by atoms with van der Waals surface area (Å²) in [6, 6.07) is 7.98. The molecular formula is C9H3BrINS. The van der Waals surface area contributed by atoms with E-state index in [1.165, 1.54) is 2.88 Å². The van der Waals surface area contributed by atoms with Crippen molar-refractivity contribution in [2.75, 3.05) is 0 Å². The van der Waals surface area contributed by atoms with E-state index in [9.17, 15) is 0 Å². The highest BCUT2D eigenvalue weighted by Crippen LogP contribution is 2.37. The lowest BCUT2D eigenvalue weighted by Crippen LogP contribution is -1.72. The van der Waals surface area contributed by atoms with Crippen molar-refractivity contribution in [1.29, 1.82) is 5.26 Å². The highest BCUT2D eigenvalue weighted by atomic mass is 127. The van der Waals surface area contributed by atoms with Gasteiger partial charge in [-0.3, -0.25) is 0 Å². The number of fused-ring (bicyclic) bond motifs is 1. The standard InChI is InChI=1S/C9H3BrINS/c10-7-6-3-1-2-5(4-12)8(6)13-9(7)11/h1-3H. The first-order valence-corrected chi connectivity index (χ1v) is 6.19. The highest BCUT2D eigenvalue weighted by Gasteiger charge is 2.09. The maximum absolute atomic E-state index is 8.87. The lowest BCUT2D eigenvalue weighted by atomic mass is 10.2. The Bertz CT molecular complexity index is 512. The van der Waals surface area contributed by atoms with Gasteiger partial charge in [0.25, 0.3) is 0 Å². The summed E-state index contributed by atoms with van der Waals surface area (Å²) in [4.78, 5) is 0. The van der Waals surface area contributed by atoms with Gasteiger partial charge in [-0.05, 0) is 44.6 Å². The van der Waals surface area contributed by atoms with Crippen LogP contribution >= 0.6 is 49.9 Å². The molecule has 1 nitrogen and oxygen atoms in total. The Morgan fingerprint density at radius 1 is 1.46 bits per heavy atom. The minimum absolute atomic E-state index is 0.756. The monoisotopic (exact) mass is 363 g/mol. The lowest BCUT2D eigenvalue weighted by molar-refractivity contribution is 1.51. The zero-order valence-corrected chi connectivity index (χ0v) is 10.9. The van der Waals surface area contributed by atoms with E-state index in [-0.39, 0.29) is 0 Å². The Hall–Kier alpha value is -0.120. The quantitative estimate of drug-likeness (QED) is 0.645. The molecule has 0 bridgehead atoms. The summed E-state index contributed by atoms with van der Waals surface area (Å²) < 4.78 is 3.36. The molecule has 0 N–H and O–H groups in total. The maximum Gasteiger partial charge on any atom is 0.101 e. The van der Waals surface area contributed by atoms with Crippen LogP contribution in [0.3, 0.4) is 0 Å². The van der Waals surface area contributed by atoms with Crippen molar-refractivity contribution in [2.45, 2.75) is 0 Å². The van der Waals surface area contributed by atoms with Crippen LogP contribution in [0.5, 0.6) is 0 Å². The smallest absolute Gasteiger partial charge is 0.101 e. The number of nitrogens with zero attached hydrogens (tertiary/aromatic N) is 1. The lowest BCUT2D eigenvalue weighted by Gasteiger charge is -1.91. The van der Waals surface area contributed by atoms with Crippen LogP contribution in [-0.4, -0.2) is 0 Å². The molecule has 1 aromatic carbocycles. The Morgan fingerprint density at radius 2 is 2.23 bits per heavy atom. The molecule has 0 aliphatic heterocycles. The molecule has 13 heavy (non-hydrogen) atoms. The van der Waals surface area contributed by atoms with Gasteiger partial charge in [-0.2, -0.15) is 5.26 Å². The van der Waals surface area contributed by atoms with Gasteiger partial charge in [-0.25, -0.2) is 0 Å². The first-order valence-electron chi connectivity index (χ1n) is 3.50. The summed E-state index contributed by atoms with van der Waals surface area (Å²) in [6.07, 6.45) is 0. The van der Waals surface area contributed by atoms with Gasteiger partial charge < -0.3 is 0 Å². The van der Waals surface area contributed by atoms with Gasteiger partial charge in [-0.15, -0.1) is 11.3 Å². The average molecular weight is 364 g/mol. The van der Waals surface area contributed by atoms with Crippen molar-refractivity contribution in [3.63, 3.8) is 0 Å². The van der Waals surface area contributed by atoms with Crippen LogP contribution < -0.4 is 0 Å². The van der Waals surface area contributed by atoms with Crippen LogP contribution in [0.1, 0.15) is 5.56 Å². The molecule has 1 aromatic heterocycles. The van der Waals surface area contributed by atoms with E-state index < -0.39 is 0 Å². The van der Waals surface area contributed by atoms with E-state index in [0.29, 0.717) is 0 Å². The molecule has 2 aromatic rings. The molecule has 1 heterocycles. The molecule has 0 aliphatic rings. The Balaban J connectivity index is 2.95. The molecule has 4 heteroatoms. The SMILES string of the molecule is N#Cc1cccc2c(Br)c(I)sc12. The zero-order valence-electron chi connectivity index (χ0n) is 6.34. The largest absolute Gasteiger partial charge is 0.192 e. The van der Waals surface area contributed by atoms with E-state index >= 15 is 0 Å². The minimum Gasteiger partial charge on any atom is -0.192 e. The predicted molar refractivity (Wildman–Crippen MR) is 67.0 cm³/mol. The van der Waals surface area contributed by atoms with Crippen LogP contribution in [0.15, 0.2) is 22.7 Å². The second-order valence-corrected chi connectivity index (χ2v) is 6.11. The average Bonchev–Trinajstić information content (AvgIpc) is 2.43. The summed E-state index contributed by atoms with van der Waals surface area (Å²) in [5.74, 6) is 0. The third kappa shape index (κ3) is 1.49. The van der Waals surface area contributed by atoms with Crippen LogP contribution in [0.4, 0.5) is 0 Å². The predicted octanol–water partition coefficient (Wildman–Crippen LogP) is 4.14. The van der Waals surface area contributed by atoms with E-state index in [1.54, 1.807) is 11.3 Å². The van der Waals surface area contributed by atoms with Crippen LogP contribution in [-0.2, 0) is 0 Å². The molecule has 64 valence electrons. The fraction of sp³-hybridized carbons (Fsp3) is 0. The molecule has 0 radical (unpaired) electrons. The van der Waals surface area contributed by atoms with Gasteiger partial charge in [0.05, 0.1) is 13.1 Å². The van der Waals surface area contributed by atoms with Gasteiger partial charge in [0.2, 0.25) is 0 Å². The van der Waals surface area contributed by atoms with Crippen molar-refractivity contribution in [3.8, 4) is 6.07 Å². The minimum atomic E-state index is 0.756. The molecular weight excluding hydrogens is 361 g/mol. The van der Waals surface area contributed by atoms with Crippen molar-refractivity contribution in [1.82, 2.24) is 0 Å². The van der Waals surface area contributed by atoms with E-state index in [4.69, 9.17) is 5.26 Å². The number of thiophene rings is 1. The molecule has 0 aliphatic carbocycles. The first-order chi connectivity index (χ1) is 6.24. The van der Waals surface area contributed by atoms with Gasteiger partial charge in [0.1, 0.15) is 6.07 Å². The Labute approximate surface area is 102 Å². The third-order valence-corrected chi connectivity index (χ3v) is 5.79. The summed E-state index contributed by atoms with van der Waals surface area (Å²) in [6.45, 7) is 0. The fourth-order valence-electron chi connectivity index (χ4n) is 1.15. The van der Waals surface area contributed by atoms with Crippen molar-refractivity contribution >= 4 is 59.9 Å². The number of hydrogen-bond acceptors (Lipinski definition) is 2. The van der Waals surface area contributed by atoms with Crippen molar-refractivity contribution in [2.24, 2.45) is 0 Å². The first kappa shape index (κ1) is 9.44. The van der Waals surface area contributed by atoms with Crippen molar-refractivity contribution < 1.29 is 0 Å². The van der Waals surface area contributed by atoms with Gasteiger partial charge in [-0.1, -0.05) is 12.1 Å². The van der Waals surface area contributed by atoms with E-state index in [1.807, 2.05) is 18.2 Å². The number of nitriles is 1. The molecule has 0 spiro atoms. The zero-order chi connectivity index (χ0) is 9.42. The molecule has 0 atom stereocenters. The van der Waals surface area contributed by atoms with Crippen molar-refractivity contribution in [3.05, 3.63) is 31.1 Å². The van der Waals surface area contributed by atoms with E-state index in [2.05, 4.69) is 44.6 Å². The second kappa shape index (κ2) is 3.56. The molecule has 0 fully saturated rings. The number of rotatable bonds is 0. The Morgan fingerprint density at radius 3 is 2.92 bits per heavy atom. The maximum atomic E-state index is 8.87. The summed E-state index contributed by atoms with van der Waals surface area (Å²) >= 11 is 7.43. The molecule has 0 saturated heterocycles. The Kier molecular flexibility index (Phi) is 2.58. The fourth-order valence-corrected chi connectivity index (χ4v) is 3.69. The van der Waals surface area contributed by atoms with E-state index in [0.717, 1.165) is 20.1 Å². The second-order valence-electron chi connectivity index (χ2n) is 2.48. The number of benzene rings is 1. The van der Waals surface area contributed by atoms with Gasteiger partial charge in [0, 0.05) is 9.86 Å². The molecule has 2 rings (SSSR count). The summed E-state index contributed by atoms with van der Waals surface area (Å²) in [7, 11) is 0. The highest BCUT2D eigenvalue weighted by molar-refractivity contribution is 14.1. The third-order valence-electron chi connectivity index (χ3n) is 1.74. The van der Waals surface area contributed by atoms with Crippen LogP contribution in [0, 0.1) is 14.2 Å². The van der Waals surface area contributed by atoms with Gasteiger partial charge in [0.15, 0.2) is 0 Å². The normalized spacial score (nSPS) is 10.2. The summed E-state index contributed by atoms with van der Waals surface area (Å²) in [5, 5.41) is 10.0. The topological polar surface area (TPSA) is 23.8 Å². The van der Waals surface area contributed by atoms with Crippen LogP contribution in [0.25, 0.3) is 10.1 Å². The number of halogens is 2. The molecule has 0 amide bonds. The van der Waals surface area contributed by atoms with Crippen LogP contribution in [0.2, 0.25) is 0 Å². The van der Waals surface area contributed by atoms with Gasteiger partial charge >= 0.3 is 0 Å². The molecule has 0 saturated carbocycles. The molecule has 0 unspecified atom stereocenters.